The molecule has 3 aromatic heterocycles. The molecule has 0 unspecified atom stereocenters. The first kappa shape index (κ1) is 28.1. The van der Waals surface area contributed by atoms with Crippen molar-refractivity contribution < 1.29 is 18.9 Å². The lowest BCUT2D eigenvalue weighted by atomic mass is 9.61. The van der Waals surface area contributed by atoms with Gasteiger partial charge in [0.1, 0.15) is 5.75 Å². The average Bonchev–Trinajstić information content (AvgIpc) is 3.35. The molecule has 0 amide bonds. The molecule has 44 heavy (non-hydrogen) atoms. The third-order valence-electron chi connectivity index (χ3n) is 10.3. The first-order valence-corrected chi connectivity index (χ1v) is 17.0. The Bertz CT molecular complexity index is 1740. The fraction of sp³-hybridized carbons (Fsp3) is 0.484. The molecule has 6 heterocycles. The van der Waals surface area contributed by atoms with Crippen LogP contribution in [0.1, 0.15) is 61.4 Å². The second-order valence-electron chi connectivity index (χ2n) is 13.0. The number of hydrogen-bond acceptors (Lipinski definition) is 9. The highest BCUT2D eigenvalue weighted by Gasteiger charge is 2.50. The zero-order chi connectivity index (χ0) is 30.1. The van der Waals surface area contributed by atoms with Crippen molar-refractivity contribution in [3.63, 3.8) is 0 Å². The first-order chi connectivity index (χ1) is 21.3. The predicted molar refractivity (Wildman–Crippen MR) is 165 cm³/mol. The highest BCUT2D eigenvalue weighted by Crippen LogP contribution is 2.48. The highest BCUT2D eigenvalue weighted by molar-refractivity contribution is 7.46. The number of phosphoric acid groups is 1. The molecule has 3 fully saturated rings. The lowest BCUT2D eigenvalue weighted by Gasteiger charge is -2.58. The Labute approximate surface area is 255 Å². The van der Waals surface area contributed by atoms with Crippen LogP contribution in [0.4, 0.5) is 5.95 Å². The van der Waals surface area contributed by atoms with Crippen molar-refractivity contribution >= 4 is 24.8 Å². The number of rotatable bonds is 6. The van der Waals surface area contributed by atoms with E-state index in [1.54, 1.807) is 18.2 Å². The lowest BCUT2D eigenvalue weighted by Crippen LogP contribution is -2.65. The van der Waals surface area contributed by atoms with Gasteiger partial charge in [0.2, 0.25) is 5.95 Å². The normalized spacial score (nSPS) is 22.5. The van der Waals surface area contributed by atoms with Gasteiger partial charge in [-0.2, -0.15) is 0 Å². The molecule has 1 aliphatic carbocycles. The summed E-state index contributed by atoms with van der Waals surface area (Å²) in [5.41, 5.74) is 5.65. The van der Waals surface area contributed by atoms with Crippen LogP contribution in [-0.4, -0.2) is 78.6 Å². The number of aromatic amines is 1. The second kappa shape index (κ2) is 10.6. The Morgan fingerprint density at radius 2 is 1.80 bits per heavy atom. The van der Waals surface area contributed by atoms with E-state index in [1.807, 2.05) is 18.5 Å². The number of phosphoric ester groups is 1. The third-order valence-corrected chi connectivity index (χ3v) is 10.8. The Hall–Kier alpha value is -3.41. The van der Waals surface area contributed by atoms with Gasteiger partial charge < -0.3 is 24.6 Å². The third kappa shape index (κ3) is 4.98. The van der Waals surface area contributed by atoms with Gasteiger partial charge in [0.25, 0.3) is 0 Å². The van der Waals surface area contributed by atoms with Crippen molar-refractivity contribution in [2.75, 3.05) is 37.6 Å². The predicted octanol–water partition coefficient (Wildman–Crippen LogP) is 3.94. The minimum absolute atomic E-state index is 0.0168. The molecule has 3 aliphatic heterocycles. The number of nitrogens with one attached hydrogen (secondary N) is 2. The zero-order valence-electron chi connectivity index (χ0n) is 24.7. The number of likely N-dealkylation sites (tertiary alicyclic amines) is 1. The number of fused-ring (bicyclic) bond motifs is 3. The number of para-hydroxylation sites is 1. The van der Waals surface area contributed by atoms with Gasteiger partial charge in [0.15, 0.2) is 5.65 Å². The molecule has 13 heteroatoms. The second-order valence-corrected chi connectivity index (χ2v) is 14.2. The van der Waals surface area contributed by atoms with Gasteiger partial charge in [0.05, 0.1) is 11.7 Å². The van der Waals surface area contributed by atoms with Crippen molar-refractivity contribution in [2.45, 2.75) is 57.0 Å². The van der Waals surface area contributed by atoms with E-state index in [-0.39, 0.29) is 11.8 Å². The monoisotopic (exact) mass is 616 g/mol. The maximum absolute atomic E-state index is 11.6. The molecular formula is C31H37N8O4P. The summed E-state index contributed by atoms with van der Waals surface area (Å²) in [5.74, 6) is 1.28. The van der Waals surface area contributed by atoms with Crippen molar-refractivity contribution in [1.29, 1.82) is 0 Å². The average molecular weight is 617 g/mol. The van der Waals surface area contributed by atoms with E-state index < -0.39 is 7.82 Å². The fourth-order valence-corrected chi connectivity index (χ4v) is 8.28. The quantitative estimate of drug-likeness (QED) is 0.233. The maximum atomic E-state index is 11.6. The van der Waals surface area contributed by atoms with E-state index in [2.05, 4.69) is 37.2 Å². The van der Waals surface area contributed by atoms with Crippen LogP contribution in [0.5, 0.6) is 5.75 Å². The lowest BCUT2D eigenvalue weighted by molar-refractivity contribution is -0.0432. The number of piperidine rings is 1. The van der Waals surface area contributed by atoms with Crippen molar-refractivity contribution in [2.24, 2.45) is 5.41 Å². The maximum Gasteiger partial charge on any atom is 0.524 e. The van der Waals surface area contributed by atoms with Crippen LogP contribution >= 0.6 is 7.82 Å². The minimum Gasteiger partial charge on any atom is -0.404 e. The molecule has 8 rings (SSSR count). The van der Waals surface area contributed by atoms with Crippen LogP contribution in [0.2, 0.25) is 0 Å². The van der Waals surface area contributed by atoms with Crippen molar-refractivity contribution in [3.8, 4) is 17.0 Å². The van der Waals surface area contributed by atoms with Gasteiger partial charge in [0, 0.05) is 66.7 Å². The minimum atomic E-state index is -4.74. The molecule has 1 saturated carbocycles. The summed E-state index contributed by atoms with van der Waals surface area (Å²) in [6.07, 6.45) is 9.89. The molecule has 0 radical (unpaired) electrons. The molecular weight excluding hydrogens is 579 g/mol. The summed E-state index contributed by atoms with van der Waals surface area (Å²) in [4.78, 5) is 36.9. The molecule has 12 nitrogen and oxygen atoms in total. The number of nitrogens with zero attached hydrogens (tertiary/aromatic N) is 6. The highest BCUT2D eigenvalue weighted by atomic mass is 31.2. The summed E-state index contributed by atoms with van der Waals surface area (Å²) >= 11 is 0. The molecule has 1 spiro atoms. The Kier molecular flexibility index (Phi) is 6.77. The van der Waals surface area contributed by atoms with Crippen LogP contribution in [0, 0.1) is 5.41 Å². The van der Waals surface area contributed by atoms with Gasteiger partial charge in [-0.25, -0.2) is 14.5 Å². The van der Waals surface area contributed by atoms with E-state index in [0.29, 0.717) is 28.2 Å². The summed E-state index contributed by atoms with van der Waals surface area (Å²) < 4.78 is 16.5. The molecule has 4 aliphatic rings. The molecule has 1 aromatic carbocycles. The standard InChI is InChI=1S/C31H37N8O4P/c1-19-28-24-12-26(23-4-2-3-5-27(23)43-44(40,41)42)36-37-29(24)35-25(28)8-11-39(19)30-33-15-21(16-34-30)20-6-9-38(10-7-20)22-13-31(14-22)17-32-18-31/h2-5,12,15-16,19-20,22,32H,6-11,13-14,17-18H2,1H3,(H,35,37)(H2,40,41,42)/t19-/m1/s1. The largest absolute Gasteiger partial charge is 0.524 e. The molecule has 1 atom stereocenters. The van der Waals surface area contributed by atoms with Gasteiger partial charge in [-0.15, -0.1) is 10.2 Å². The smallest absolute Gasteiger partial charge is 0.404 e. The van der Waals surface area contributed by atoms with Crippen LogP contribution in [0.3, 0.4) is 0 Å². The number of H-pyrrole nitrogens is 1. The number of anilines is 1. The van der Waals surface area contributed by atoms with Gasteiger partial charge in [-0.3, -0.25) is 9.79 Å². The van der Waals surface area contributed by atoms with Crippen LogP contribution in [0.25, 0.3) is 22.3 Å². The summed E-state index contributed by atoms with van der Waals surface area (Å²) in [5, 5.41) is 13.1. The Balaban J connectivity index is 0.988. The number of benzene rings is 1. The molecule has 230 valence electrons. The molecule has 0 bridgehead atoms. The number of aromatic nitrogens is 5. The van der Waals surface area contributed by atoms with Crippen LogP contribution in [-0.2, 0) is 11.0 Å². The van der Waals surface area contributed by atoms with E-state index in [4.69, 9.17) is 14.5 Å². The summed E-state index contributed by atoms with van der Waals surface area (Å²) in [7, 11) is -4.74. The van der Waals surface area contributed by atoms with Crippen LogP contribution < -0.4 is 14.7 Å². The molecule has 2 saturated heterocycles. The van der Waals surface area contributed by atoms with E-state index in [0.717, 1.165) is 67.5 Å². The van der Waals surface area contributed by atoms with E-state index in [1.165, 1.54) is 37.6 Å². The van der Waals surface area contributed by atoms with Crippen molar-refractivity contribution in [3.05, 3.63) is 59.5 Å². The van der Waals surface area contributed by atoms with Crippen LogP contribution in [0.15, 0.2) is 42.7 Å². The van der Waals surface area contributed by atoms with Gasteiger partial charge in [-0.05, 0) is 80.8 Å². The first-order valence-electron chi connectivity index (χ1n) is 15.5. The SMILES string of the molecule is C[C@@H]1c2c([nH]c3nnc(-c4ccccc4OP(=O)(O)O)cc23)CCN1c1ncc(C2CCN(C3CC4(CNC4)C3)CC2)cn1. The van der Waals surface area contributed by atoms with Gasteiger partial charge >= 0.3 is 7.82 Å². The molecule has 4 N–H and O–H groups in total. The zero-order valence-corrected chi connectivity index (χ0v) is 25.6. The van der Waals surface area contributed by atoms with Crippen molar-refractivity contribution in [1.82, 2.24) is 35.4 Å². The molecule has 4 aromatic rings. The summed E-state index contributed by atoms with van der Waals surface area (Å²) in [6.45, 7) is 7.66. The Morgan fingerprint density at radius 1 is 1.05 bits per heavy atom. The van der Waals surface area contributed by atoms with E-state index >= 15 is 0 Å². The number of hydrogen-bond donors (Lipinski definition) is 4. The fourth-order valence-electron chi connectivity index (χ4n) is 7.86. The van der Waals surface area contributed by atoms with Gasteiger partial charge in [-0.1, -0.05) is 12.1 Å². The topological polar surface area (TPSA) is 153 Å². The Morgan fingerprint density at radius 3 is 2.50 bits per heavy atom. The summed E-state index contributed by atoms with van der Waals surface area (Å²) in [6, 6.07) is 9.31. The van der Waals surface area contributed by atoms with E-state index in [9.17, 15) is 14.4 Å².